The number of carbonyl (C=O) groups excluding carboxylic acids is 3. The van der Waals surface area contributed by atoms with Crippen LogP contribution in [0.25, 0.3) is 10.9 Å². The van der Waals surface area contributed by atoms with Crippen LogP contribution >= 0.6 is 0 Å². The van der Waals surface area contributed by atoms with E-state index in [0.717, 1.165) is 16.5 Å². The second-order valence-electron chi connectivity index (χ2n) is 6.91. The molecule has 0 aliphatic heterocycles. The molecule has 0 saturated carbocycles. The van der Waals surface area contributed by atoms with Crippen LogP contribution < -0.4 is 16.4 Å². The van der Waals surface area contributed by atoms with Crippen LogP contribution in [0.1, 0.15) is 32.8 Å². The highest BCUT2D eigenvalue weighted by Crippen LogP contribution is 2.19. The number of benzene rings is 1. The van der Waals surface area contributed by atoms with Gasteiger partial charge < -0.3 is 21.4 Å². The molecule has 0 spiro atoms. The summed E-state index contributed by atoms with van der Waals surface area (Å²) in [6, 6.07) is 6.15. The van der Waals surface area contributed by atoms with E-state index in [-0.39, 0.29) is 18.2 Å². The first-order chi connectivity index (χ1) is 12.3. The summed E-state index contributed by atoms with van der Waals surface area (Å²) in [4.78, 5) is 39.0. The first kappa shape index (κ1) is 19.5. The first-order valence-electron chi connectivity index (χ1n) is 8.69. The van der Waals surface area contributed by atoms with Gasteiger partial charge in [-0.1, -0.05) is 32.0 Å². The number of amides is 3. The van der Waals surface area contributed by atoms with E-state index >= 15 is 0 Å². The Morgan fingerprint density at radius 2 is 1.81 bits per heavy atom. The molecule has 1 aromatic carbocycles. The van der Waals surface area contributed by atoms with Crippen LogP contribution in [-0.4, -0.2) is 34.8 Å². The number of primary amides is 1. The van der Waals surface area contributed by atoms with Crippen LogP contribution in [0.15, 0.2) is 30.5 Å². The van der Waals surface area contributed by atoms with E-state index in [0.29, 0.717) is 6.42 Å². The third kappa shape index (κ3) is 5.08. The van der Waals surface area contributed by atoms with Crippen LogP contribution in [-0.2, 0) is 20.8 Å². The van der Waals surface area contributed by atoms with Gasteiger partial charge >= 0.3 is 0 Å². The van der Waals surface area contributed by atoms with Crippen molar-refractivity contribution in [1.82, 2.24) is 15.6 Å². The van der Waals surface area contributed by atoms with E-state index in [2.05, 4.69) is 15.6 Å². The predicted octanol–water partition coefficient (Wildman–Crippen LogP) is 1.23. The number of carbonyl (C=O) groups is 3. The molecule has 0 aliphatic rings. The fourth-order valence-electron chi connectivity index (χ4n) is 2.96. The van der Waals surface area contributed by atoms with Gasteiger partial charge in [-0.05, 0) is 24.0 Å². The van der Waals surface area contributed by atoms with E-state index < -0.39 is 23.9 Å². The molecule has 0 saturated heterocycles. The number of fused-ring (bicyclic) bond motifs is 1. The molecule has 7 heteroatoms. The molecule has 1 aromatic heterocycles. The summed E-state index contributed by atoms with van der Waals surface area (Å²) in [7, 11) is 0. The van der Waals surface area contributed by atoms with Crippen molar-refractivity contribution in [3.05, 3.63) is 36.0 Å². The Kier molecular flexibility index (Phi) is 6.38. The quantitative estimate of drug-likeness (QED) is 0.568. The third-order valence-electron chi connectivity index (χ3n) is 4.16. The van der Waals surface area contributed by atoms with Gasteiger partial charge in [-0.3, -0.25) is 14.4 Å². The molecule has 2 aromatic rings. The zero-order chi connectivity index (χ0) is 19.3. The molecule has 26 heavy (non-hydrogen) atoms. The molecule has 0 radical (unpaired) electrons. The molecule has 7 nitrogen and oxygen atoms in total. The zero-order valence-corrected chi connectivity index (χ0v) is 15.3. The monoisotopic (exact) mass is 358 g/mol. The van der Waals surface area contributed by atoms with Gasteiger partial charge in [0.05, 0.1) is 0 Å². The zero-order valence-electron chi connectivity index (χ0n) is 15.3. The van der Waals surface area contributed by atoms with Gasteiger partial charge in [-0.25, -0.2) is 0 Å². The second-order valence-corrected chi connectivity index (χ2v) is 6.91. The van der Waals surface area contributed by atoms with Crippen LogP contribution in [0.4, 0.5) is 0 Å². The van der Waals surface area contributed by atoms with Gasteiger partial charge in [-0.15, -0.1) is 0 Å². The summed E-state index contributed by atoms with van der Waals surface area (Å²) in [5.41, 5.74) is 7.34. The van der Waals surface area contributed by atoms with Crippen molar-refractivity contribution in [1.29, 1.82) is 0 Å². The van der Waals surface area contributed by atoms with E-state index in [4.69, 9.17) is 5.73 Å². The summed E-state index contributed by atoms with van der Waals surface area (Å²) in [6.07, 6.45) is 2.57. The van der Waals surface area contributed by atoms with Gasteiger partial charge in [0.2, 0.25) is 17.7 Å². The van der Waals surface area contributed by atoms with Crippen molar-refractivity contribution in [2.75, 3.05) is 0 Å². The summed E-state index contributed by atoms with van der Waals surface area (Å²) in [5, 5.41) is 6.30. The highest BCUT2D eigenvalue weighted by molar-refractivity contribution is 5.92. The number of rotatable bonds is 8. The van der Waals surface area contributed by atoms with Crippen molar-refractivity contribution < 1.29 is 14.4 Å². The molecule has 140 valence electrons. The first-order valence-corrected chi connectivity index (χ1v) is 8.69. The van der Waals surface area contributed by atoms with Crippen LogP contribution in [0.2, 0.25) is 0 Å². The smallest absolute Gasteiger partial charge is 0.243 e. The van der Waals surface area contributed by atoms with Gasteiger partial charge in [0.15, 0.2) is 0 Å². The lowest BCUT2D eigenvalue weighted by molar-refractivity contribution is -0.131. The lowest BCUT2D eigenvalue weighted by Gasteiger charge is -2.22. The van der Waals surface area contributed by atoms with Crippen molar-refractivity contribution in [2.24, 2.45) is 11.7 Å². The fourth-order valence-corrected chi connectivity index (χ4v) is 2.96. The number of hydrogen-bond donors (Lipinski definition) is 4. The molecule has 3 amide bonds. The Labute approximate surface area is 152 Å². The van der Waals surface area contributed by atoms with Crippen molar-refractivity contribution in [3.8, 4) is 0 Å². The van der Waals surface area contributed by atoms with E-state index in [1.807, 2.05) is 44.3 Å². The standard InChI is InChI=1S/C19H26N4O3/c1-11(2)8-17(22-12(3)24)19(26)23-16(18(20)25)9-13-10-21-15-7-5-4-6-14(13)15/h4-7,10-11,16-17,21H,8-9H2,1-3H3,(H2,20,25)(H,22,24)(H,23,26)/t16-,17-/m0/s1. The number of H-pyrrole nitrogens is 1. The Hall–Kier alpha value is -2.83. The minimum atomic E-state index is -0.856. The lowest BCUT2D eigenvalue weighted by atomic mass is 10.0. The molecule has 5 N–H and O–H groups in total. The molecular formula is C19H26N4O3. The van der Waals surface area contributed by atoms with Gasteiger partial charge in [-0.2, -0.15) is 0 Å². The minimum Gasteiger partial charge on any atom is -0.368 e. The van der Waals surface area contributed by atoms with Gasteiger partial charge in [0, 0.05) is 30.4 Å². The Bertz CT molecular complexity index is 797. The normalized spacial score (nSPS) is 13.4. The molecule has 0 aliphatic carbocycles. The topological polar surface area (TPSA) is 117 Å². The Balaban J connectivity index is 2.14. The maximum atomic E-state index is 12.6. The number of nitrogens with two attached hydrogens (primary N) is 1. The fraction of sp³-hybridized carbons (Fsp3) is 0.421. The summed E-state index contributed by atoms with van der Waals surface area (Å²) in [5.74, 6) is -1.11. The number of aromatic nitrogens is 1. The molecule has 2 atom stereocenters. The van der Waals surface area contributed by atoms with E-state index in [9.17, 15) is 14.4 Å². The average molecular weight is 358 g/mol. The van der Waals surface area contributed by atoms with E-state index in [1.165, 1.54) is 6.92 Å². The highest BCUT2D eigenvalue weighted by atomic mass is 16.2. The number of hydrogen-bond acceptors (Lipinski definition) is 3. The lowest BCUT2D eigenvalue weighted by Crippen LogP contribution is -2.53. The molecule has 0 unspecified atom stereocenters. The number of aromatic amines is 1. The Morgan fingerprint density at radius 1 is 1.12 bits per heavy atom. The second kappa shape index (κ2) is 8.51. The van der Waals surface area contributed by atoms with Crippen molar-refractivity contribution in [3.63, 3.8) is 0 Å². The van der Waals surface area contributed by atoms with Gasteiger partial charge in [0.25, 0.3) is 0 Å². The average Bonchev–Trinajstić information content (AvgIpc) is 2.95. The highest BCUT2D eigenvalue weighted by Gasteiger charge is 2.26. The van der Waals surface area contributed by atoms with Crippen LogP contribution in [0, 0.1) is 5.92 Å². The molecular weight excluding hydrogens is 332 g/mol. The SMILES string of the molecule is CC(=O)N[C@@H](CC(C)C)C(=O)N[C@@H](Cc1c[nH]c2ccccc12)C(N)=O. The summed E-state index contributed by atoms with van der Waals surface area (Å²) < 4.78 is 0. The maximum Gasteiger partial charge on any atom is 0.243 e. The largest absolute Gasteiger partial charge is 0.368 e. The minimum absolute atomic E-state index is 0.207. The maximum absolute atomic E-state index is 12.6. The number of nitrogens with one attached hydrogen (secondary N) is 3. The van der Waals surface area contributed by atoms with Crippen LogP contribution in [0.3, 0.4) is 0 Å². The van der Waals surface area contributed by atoms with Crippen molar-refractivity contribution in [2.45, 2.75) is 45.7 Å². The summed E-state index contributed by atoms with van der Waals surface area (Å²) >= 11 is 0. The molecule has 1 heterocycles. The van der Waals surface area contributed by atoms with E-state index in [1.54, 1.807) is 0 Å². The Morgan fingerprint density at radius 3 is 2.42 bits per heavy atom. The van der Waals surface area contributed by atoms with Crippen LogP contribution in [0.5, 0.6) is 0 Å². The van der Waals surface area contributed by atoms with Crippen molar-refractivity contribution >= 4 is 28.6 Å². The molecule has 2 rings (SSSR count). The number of para-hydroxylation sites is 1. The third-order valence-corrected chi connectivity index (χ3v) is 4.16. The molecule has 0 fully saturated rings. The predicted molar refractivity (Wildman–Crippen MR) is 100 cm³/mol. The molecule has 0 bridgehead atoms. The summed E-state index contributed by atoms with van der Waals surface area (Å²) in [6.45, 7) is 5.28. The van der Waals surface area contributed by atoms with Gasteiger partial charge in [0.1, 0.15) is 12.1 Å².